The Kier molecular flexibility index (Phi) is 4.13. The van der Waals surface area contributed by atoms with Gasteiger partial charge in [0.05, 0.1) is 4.32 Å². The Morgan fingerprint density at radius 1 is 1.40 bits per heavy atom. The average Bonchev–Trinajstić information content (AvgIpc) is 2.15. The van der Waals surface area contributed by atoms with Crippen molar-refractivity contribution in [2.24, 2.45) is 0 Å². The number of Topliss-reactive ketones (excluding diaryl/α,β-unsaturated/α-hetero) is 1. The maximum atomic E-state index is 12.0. The Labute approximate surface area is 108 Å². The second kappa shape index (κ2) is 4.79. The molecular weight excluding hydrogens is 320 g/mol. The molecule has 1 nitrogen and oxygen atoms in total. The summed E-state index contributed by atoms with van der Waals surface area (Å²) in [4.78, 5) is 12.0. The molecule has 0 saturated heterocycles. The SMILES string of the molecule is Cc1cc(C(=O)C(C)(C)Br)ccc1CBr. The molecule has 0 unspecified atom stereocenters. The summed E-state index contributed by atoms with van der Waals surface area (Å²) in [6.07, 6.45) is 0. The lowest BCUT2D eigenvalue weighted by molar-refractivity contribution is 0.0961. The predicted molar refractivity (Wildman–Crippen MR) is 71.1 cm³/mol. The van der Waals surface area contributed by atoms with Crippen LogP contribution >= 0.6 is 31.9 Å². The highest BCUT2D eigenvalue weighted by molar-refractivity contribution is 9.10. The van der Waals surface area contributed by atoms with E-state index in [0.717, 1.165) is 16.5 Å². The number of rotatable bonds is 3. The van der Waals surface area contributed by atoms with Gasteiger partial charge >= 0.3 is 0 Å². The zero-order valence-corrected chi connectivity index (χ0v) is 12.3. The minimum absolute atomic E-state index is 0.117. The Bertz CT molecular complexity index is 378. The van der Waals surface area contributed by atoms with Crippen LogP contribution in [-0.4, -0.2) is 10.1 Å². The van der Waals surface area contributed by atoms with Crippen LogP contribution in [-0.2, 0) is 5.33 Å². The standard InChI is InChI=1S/C12H14Br2O/c1-8-6-9(4-5-10(8)7-13)11(15)12(2,3)14/h4-6H,7H2,1-3H3. The number of aryl methyl sites for hydroxylation is 1. The van der Waals surface area contributed by atoms with Gasteiger partial charge in [-0.3, -0.25) is 4.79 Å². The van der Waals surface area contributed by atoms with Crippen LogP contribution in [0.1, 0.15) is 35.3 Å². The molecule has 0 N–H and O–H groups in total. The van der Waals surface area contributed by atoms with E-state index in [1.807, 2.05) is 39.0 Å². The third kappa shape index (κ3) is 3.15. The monoisotopic (exact) mass is 332 g/mol. The number of carbonyl (C=O) groups is 1. The zero-order valence-electron chi connectivity index (χ0n) is 9.10. The van der Waals surface area contributed by atoms with Crippen molar-refractivity contribution in [3.63, 3.8) is 0 Å². The van der Waals surface area contributed by atoms with E-state index in [1.165, 1.54) is 5.56 Å². The summed E-state index contributed by atoms with van der Waals surface area (Å²) >= 11 is 6.80. The van der Waals surface area contributed by atoms with E-state index in [-0.39, 0.29) is 5.78 Å². The Morgan fingerprint density at radius 2 is 2.00 bits per heavy atom. The minimum atomic E-state index is -0.491. The first-order valence-electron chi connectivity index (χ1n) is 4.75. The molecule has 3 heteroatoms. The number of hydrogen-bond donors (Lipinski definition) is 0. The van der Waals surface area contributed by atoms with Gasteiger partial charge in [0.15, 0.2) is 5.78 Å². The molecule has 0 amide bonds. The molecule has 0 spiro atoms. The van der Waals surface area contributed by atoms with Crippen molar-refractivity contribution in [3.8, 4) is 0 Å². The van der Waals surface area contributed by atoms with Crippen molar-refractivity contribution >= 4 is 37.6 Å². The molecule has 82 valence electrons. The maximum Gasteiger partial charge on any atom is 0.178 e. The van der Waals surface area contributed by atoms with Crippen LogP contribution in [0.5, 0.6) is 0 Å². The molecule has 1 rings (SSSR count). The molecule has 0 saturated carbocycles. The number of ketones is 1. The molecule has 1 aromatic carbocycles. The van der Waals surface area contributed by atoms with E-state index in [1.54, 1.807) is 0 Å². The molecule has 0 aliphatic carbocycles. The number of halogens is 2. The van der Waals surface area contributed by atoms with Crippen molar-refractivity contribution in [2.45, 2.75) is 30.4 Å². The highest BCUT2D eigenvalue weighted by Crippen LogP contribution is 2.24. The first kappa shape index (κ1) is 12.9. The van der Waals surface area contributed by atoms with E-state index in [9.17, 15) is 4.79 Å². The topological polar surface area (TPSA) is 17.1 Å². The molecule has 0 aromatic heterocycles. The highest BCUT2D eigenvalue weighted by atomic mass is 79.9. The van der Waals surface area contributed by atoms with Crippen LogP contribution in [0, 0.1) is 6.92 Å². The van der Waals surface area contributed by atoms with E-state index >= 15 is 0 Å². The van der Waals surface area contributed by atoms with Crippen molar-refractivity contribution in [2.75, 3.05) is 0 Å². The average molecular weight is 334 g/mol. The predicted octanol–water partition coefficient (Wildman–Crippen LogP) is 4.25. The van der Waals surface area contributed by atoms with Gasteiger partial charge in [0.25, 0.3) is 0 Å². The lowest BCUT2D eigenvalue weighted by atomic mass is 9.97. The number of alkyl halides is 2. The smallest absolute Gasteiger partial charge is 0.178 e. The first-order chi connectivity index (χ1) is 6.86. The third-order valence-electron chi connectivity index (χ3n) is 2.29. The summed E-state index contributed by atoms with van der Waals surface area (Å²) < 4.78 is -0.491. The number of hydrogen-bond acceptors (Lipinski definition) is 1. The number of carbonyl (C=O) groups excluding carboxylic acids is 1. The minimum Gasteiger partial charge on any atom is -0.293 e. The van der Waals surface area contributed by atoms with Crippen LogP contribution in [0.3, 0.4) is 0 Å². The van der Waals surface area contributed by atoms with Gasteiger partial charge in [-0.05, 0) is 38.0 Å². The van der Waals surface area contributed by atoms with Gasteiger partial charge in [-0.1, -0.05) is 44.0 Å². The summed E-state index contributed by atoms with van der Waals surface area (Å²) in [5.74, 6) is 0.117. The Hall–Kier alpha value is -0.150. The molecule has 15 heavy (non-hydrogen) atoms. The van der Waals surface area contributed by atoms with Crippen molar-refractivity contribution in [1.82, 2.24) is 0 Å². The molecule has 0 atom stereocenters. The first-order valence-corrected chi connectivity index (χ1v) is 6.67. The fourth-order valence-corrected chi connectivity index (χ4v) is 2.19. The summed E-state index contributed by atoms with van der Waals surface area (Å²) in [5, 5.41) is 0.824. The van der Waals surface area contributed by atoms with E-state index in [2.05, 4.69) is 31.9 Å². The lowest BCUT2D eigenvalue weighted by Gasteiger charge is -2.15. The second-order valence-corrected chi connectivity index (χ2v) is 6.62. The highest BCUT2D eigenvalue weighted by Gasteiger charge is 2.25. The third-order valence-corrected chi connectivity index (χ3v) is 3.25. The van der Waals surface area contributed by atoms with Crippen molar-refractivity contribution in [1.29, 1.82) is 0 Å². The second-order valence-electron chi connectivity index (χ2n) is 4.08. The van der Waals surface area contributed by atoms with Gasteiger partial charge in [-0.2, -0.15) is 0 Å². The Balaban J connectivity index is 3.08. The van der Waals surface area contributed by atoms with Gasteiger partial charge in [-0.25, -0.2) is 0 Å². The van der Waals surface area contributed by atoms with E-state index in [4.69, 9.17) is 0 Å². The summed E-state index contributed by atoms with van der Waals surface area (Å²) in [6.45, 7) is 5.75. The van der Waals surface area contributed by atoms with Gasteiger partial charge in [0, 0.05) is 10.9 Å². The molecule has 0 bridgehead atoms. The molecule has 0 aliphatic rings. The summed E-state index contributed by atoms with van der Waals surface area (Å²) in [6, 6.07) is 5.83. The fraction of sp³-hybridized carbons (Fsp3) is 0.417. The largest absolute Gasteiger partial charge is 0.293 e. The molecule has 0 fully saturated rings. The van der Waals surface area contributed by atoms with Crippen LogP contribution in [0.4, 0.5) is 0 Å². The lowest BCUT2D eigenvalue weighted by Crippen LogP contribution is -2.24. The molecule has 1 aromatic rings. The summed E-state index contributed by atoms with van der Waals surface area (Å²) in [7, 11) is 0. The fourth-order valence-electron chi connectivity index (χ4n) is 1.33. The van der Waals surface area contributed by atoms with Gasteiger partial charge in [-0.15, -0.1) is 0 Å². The van der Waals surface area contributed by atoms with Crippen molar-refractivity contribution < 1.29 is 4.79 Å². The Morgan fingerprint density at radius 3 is 2.40 bits per heavy atom. The maximum absolute atomic E-state index is 12.0. The van der Waals surface area contributed by atoms with Crippen LogP contribution in [0.25, 0.3) is 0 Å². The van der Waals surface area contributed by atoms with Gasteiger partial charge in [0.1, 0.15) is 0 Å². The number of benzene rings is 1. The van der Waals surface area contributed by atoms with E-state index in [0.29, 0.717) is 0 Å². The summed E-state index contributed by atoms with van der Waals surface area (Å²) in [5.41, 5.74) is 3.13. The van der Waals surface area contributed by atoms with Gasteiger partial charge in [0.2, 0.25) is 0 Å². The van der Waals surface area contributed by atoms with Crippen LogP contribution in [0.2, 0.25) is 0 Å². The molecule has 0 heterocycles. The quantitative estimate of drug-likeness (QED) is 0.597. The molecule has 0 radical (unpaired) electrons. The van der Waals surface area contributed by atoms with Crippen LogP contribution in [0.15, 0.2) is 18.2 Å². The van der Waals surface area contributed by atoms with Crippen molar-refractivity contribution in [3.05, 3.63) is 34.9 Å². The van der Waals surface area contributed by atoms with Gasteiger partial charge < -0.3 is 0 Å². The van der Waals surface area contributed by atoms with E-state index < -0.39 is 4.32 Å². The zero-order chi connectivity index (χ0) is 11.6. The molecular formula is C12H14Br2O. The molecule has 0 aliphatic heterocycles. The normalized spacial score (nSPS) is 11.5. The van der Waals surface area contributed by atoms with Crippen LogP contribution < -0.4 is 0 Å².